The zero-order valence-electron chi connectivity index (χ0n) is 10.1. The van der Waals surface area contributed by atoms with Gasteiger partial charge in [-0.2, -0.15) is 8.42 Å². The minimum atomic E-state index is -3.81. The van der Waals surface area contributed by atoms with Gasteiger partial charge in [-0.3, -0.25) is 0 Å². The average molecular weight is 263 g/mol. The smallest absolute Gasteiger partial charge is 0.340 e. The van der Waals surface area contributed by atoms with E-state index in [0.717, 1.165) is 5.56 Å². The molecule has 0 aliphatic heterocycles. The SMILES string of the molecule is Cc1ccc(S(=O)(=O)Oc2cccc(C)n2)cc1. The first kappa shape index (κ1) is 12.6. The molecule has 0 amide bonds. The Balaban J connectivity index is 2.30. The molecule has 0 saturated heterocycles. The number of aryl methyl sites for hydroxylation is 2. The molecule has 1 heterocycles. The minimum absolute atomic E-state index is 0.0792. The van der Waals surface area contributed by atoms with Crippen LogP contribution in [0.15, 0.2) is 47.4 Å². The van der Waals surface area contributed by atoms with Crippen molar-refractivity contribution in [1.82, 2.24) is 4.98 Å². The fourth-order valence-electron chi connectivity index (χ4n) is 1.43. The molecule has 0 unspecified atom stereocenters. The number of hydrogen-bond donors (Lipinski definition) is 0. The molecule has 0 aliphatic carbocycles. The van der Waals surface area contributed by atoms with Crippen molar-refractivity contribution in [3.05, 3.63) is 53.7 Å². The lowest BCUT2D eigenvalue weighted by atomic mass is 10.2. The molecule has 4 nitrogen and oxygen atoms in total. The van der Waals surface area contributed by atoms with Crippen molar-refractivity contribution in [2.75, 3.05) is 0 Å². The van der Waals surface area contributed by atoms with Gasteiger partial charge >= 0.3 is 10.1 Å². The van der Waals surface area contributed by atoms with Crippen LogP contribution >= 0.6 is 0 Å². The Hall–Kier alpha value is -1.88. The summed E-state index contributed by atoms with van der Waals surface area (Å²) in [6.45, 7) is 3.66. The van der Waals surface area contributed by atoms with Crippen LogP contribution in [0.1, 0.15) is 11.3 Å². The van der Waals surface area contributed by atoms with Crippen molar-refractivity contribution >= 4 is 10.1 Å². The Morgan fingerprint density at radius 1 is 1.00 bits per heavy atom. The maximum absolute atomic E-state index is 12.0. The maximum Gasteiger partial charge on any atom is 0.340 e. The van der Waals surface area contributed by atoms with Gasteiger partial charge in [-0.05, 0) is 32.0 Å². The summed E-state index contributed by atoms with van der Waals surface area (Å²) >= 11 is 0. The third-order valence-corrected chi connectivity index (χ3v) is 3.61. The van der Waals surface area contributed by atoms with E-state index in [0.29, 0.717) is 5.69 Å². The van der Waals surface area contributed by atoms with Crippen LogP contribution in [0.3, 0.4) is 0 Å². The molecule has 0 saturated carbocycles. The molecule has 0 radical (unpaired) electrons. The third kappa shape index (κ3) is 2.87. The monoisotopic (exact) mass is 263 g/mol. The molecule has 0 bridgehead atoms. The van der Waals surface area contributed by atoms with E-state index in [1.54, 1.807) is 31.2 Å². The van der Waals surface area contributed by atoms with E-state index >= 15 is 0 Å². The predicted molar refractivity (Wildman–Crippen MR) is 68.0 cm³/mol. The van der Waals surface area contributed by atoms with Gasteiger partial charge in [0.25, 0.3) is 0 Å². The van der Waals surface area contributed by atoms with Gasteiger partial charge < -0.3 is 4.18 Å². The summed E-state index contributed by atoms with van der Waals surface area (Å²) in [7, 11) is -3.81. The summed E-state index contributed by atoms with van der Waals surface area (Å²) in [5, 5.41) is 0. The average Bonchev–Trinajstić information content (AvgIpc) is 2.29. The van der Waals surface area contributed by atoms with Crippen LogP contribution in [0.4, 0.5) is 0 Å². The molecule has 5 heteroatoms. The zero-order valence-corrected chi connectivity index (χ0v) is 10.9. The number of aromatic nitrogens is 1. The molecule has 1 aromatic heterocycles. The lowest BCUT2D eigenvalue weighted by molar-refractivity contribution is 0.475. The second-order valence-corrected chi connectivity index (χ2v) is 5.51. The molecule has 0 fully saturated rings. The lowest BCUT2D eigenvalue weighted by Gasteiger charge is -2.06. The summed E-state index contributed by atoms with van der Waals surface area (Å²) in [5.41, 5.74) is 1.69. The number of nitrogens with zero attached hydrogens (tertiary/aromatic N) is 1. The Morgan fingerprint density at radius 2 is 1.67 bits per heavy atom. The molecule has 0 spiro atoms. The standard InChI is InChI=1S/C13H13NO3S/c1-10-6-8-12(9-7-10)18(15,16)17-13-5-3-4-11(2)14-13/h3-9H,1-2H3. The molecule has 1 aromatic carbocycles. The van der Waals surface area contributed by atoms with E-state index in [-0.39, 0.29) is 10.8 Å². The summed E-state index contributed by atoms with van der Waals surface area (Å²) in [5.74, 6) is 0.0792. The summed E-state index contributed by atoms with van der Waals surface area (Å²) < 4.78 is 28.9. The van der Waals surface area contributed by atoms with Crippen molar-refractivity contribution in [3.8, 4) is 5.88 Å². The van der Waals surface area contributed by atoms with Gasteiger partial charge in [0.1, 0.15) is 4.90 Å². The van der Waals surface area contributed by atoms with E-state index in [1.165, 1.54) is 18.2 Å². The molecule has 2 aromatic rings. The normalized spacial score (nSPS) is 11.2. The minimum Gasteiger partial charge on any atom is -0.358 e. The summed E-state index contributed by atoms with van der Waals surface area (Å²) in [4.78, 5) is 4.12. The fraction of sp³-hybridized carbons (Fsp3) is 0.154. The molecule has 18 heavy (non-hydrogen) atoms. The van der Waals surface area contributed by atoms with Gasteiger partial charge in [0.05, 0.1) is 0 Å². The van der Waals surface area contributed by atoms with Gasteiger partial charge in [0.2, 0.25) is 5.88 Å². The Labute approximate surface area is 106 Å². The highest BCUT2D eigenvalue weighted by Crippen LogP contribution is 2.17. The van der Waals surface area contributed by atoms with Gasteiger partial charge in [-0.25, -0.2) is 4.98 Å². The molecular weight excluding hydrogens is 250 g/mol. The fourth-order valence-corrected chi connectivity index (χ4v) is 2.31. The lowest BCUT2D eigenvalue weighted by Crippen LogP contribution is -2.10. The van der Waals surface area contributed by atoms with E-state index in [4.69, 9.17) is 4.18 Å². The number of benzene rings is 1. The topological polar surface area (TPSA) is 56.3 Å². The molecule has 2 rings (SSSR count). The van der Waals surface area contributed by atoms with Crippen LogP contribution in [-0.4, -0.2) is 13.4 Å². The quantitative estimate of drug-likeness (QED) is 0.798. The predicted octanol–water partition coefficient (Wildman–Crippen LogP) is 2.47. The Kier molecular flexibility index (Phi) is 3.34. The van der Waals surface area contributed by atoms with Crippen LogP contribution in [0, 0.1) is 13.8 Å². The number of pyridine rings is 1. The summed E-state index contributed by atoms with van der Waals surface area (Å²) in [6.07, 6.45) is 0. The van der Waals surface area contributed by atoms with Crippen LogP contribution in [0.2, 0.25) is 0 Å². The molecule has 0 N–H and O–H groups in total. The highest BCUT2D eigenvalue weighted by Gasteiger charge is 2.16. The molecule has 0 aliphatic rings. The van der Waals surface area contributed by atoms with Crippen molar-refractivity contribution < 1.29 is 12.6 Å². The molecular formula is C13H13NO3S. The summed E-state index contributed by atoms with van der Waals surface area (Å²) in [6, 6.07) is 11.5. The first-order chi connectivity index (χ1) is 8.47. The first-order valence-electron chi connectivity index (χ1n) is 5.42. The molecule has 94 valence electrons. The van der Waals surface area contributed by atoms with Gasteiger partial charge in [0.15, 0.2) is 0 Å². The maximum atomic E-state index is 12.0. The second kappa shape index (κ2) is 4.78. The largest absolute Gasteiger partial charge is 0.358 e. The van der Waals surface area contributed by atoms with Gasteiger partial charge in [0, 0.05) is 11.8 Å². The number of rotatable bonds is 3. The van der Waals surface area contributed by atoms with E-state index < -0.39 is 10.1 Å². The van der Waals surface area contributed by atoms with Crippen LogP contribution in [0.5, 0.6) is 5.88 Å². The number of hydrogen-bond acceptors (Lipinski definition) is 4. The third-order valence-electron chi connectivity index (χ3n) is 2.37. The van der Waals surface area contributed by atoms with Crippen molar-refractivity contribution in [2.24, 2.45) is 0 Å². The highest BCUT2D eigenvalue weighted by molar-refractivity contribution is 7.87. The zero-order chi connectivity index (χ0) is 13.2. The van der Waals surface area contributed by atoms with Crippen molar-refractivity contribution in [3.63, 3.8) is 0 Å². The Bertz CT molecular complexity index is 648. The van der Waals surface area contributed by atoms with Crippen molar-refractivity contribution in [1.29, 1.82) is 0 Å². The second-order valence-electron chi connectivity index (χ2n) is 3.97. The van der Waals surface area contributed by atoms with E-state index in [2.05, 4.69) is 4.98 Å². The highest BCUT2D eigenvalue weighted by atomic mass is 32.2. The first-order valence-corrected chi connectivity index (χ1v) is 6.83. The van der Waals surface area contributed by atoms with Crippen LogP contribution < -0.4 is 4.18 Å². The van der Waals surface area contributed by atoms with Crippen LogP contribution in [0.25, 0.3) is 0 Å². The van der Waals surface area contributed by atoms with Crippen molar-refractivity contribution in [2.45, 2.75) is 18.7 Å². The van der Waals surface area contributed by atoms with E-state index in [9.17, 15) is 8.42 Å². The van der Waals surface area contributed by atoms with Crippen LogP contribution in [-0.2, 0) is 10.1 Å². The van der Waals surface area contributed by atoms with Gasteiger partial charge in [-0.1, -0.05) is 23.8 Å². The molecule has 0 atom stereocenters. The van der Waals surface area contributed by atoms with Gasteiger partial charge in [-0.15, -0.1) is 0 Å². The Morgan fingerprint density at radius 3 is 2.28 bits per heavy atom. The van der Waals surface area contributed by atoms with E-state index in [1.807, 2.05) is 6.92 Å².